The molecule has 1 heterocycles. The van der Waals surface area contributed by atoms with Crippen molar-refractivity contribution in [3.63, 3.8) is 0 Å². The fourth-order valence-corrected chi connectivity index (χ4v) is 2.25. The molecule has 0 spiro atoms. The van der Waals surface area contributed by atoms with E-state index in [0.29, 0.717) is 12.5 Å². The van der Waals surface area contributed by atoms with E-state index in [1.165, 1.54) is 5.56 Å². The van der Waals surface area contributed by atoms with Crippen molar-refractivity contribution < 1.29 is 4.79 Å². The SMILES string of the molecule is O=C(NCc1cnc[nH]1)C1CC1c1ccccc1. The highest BCUT2D eigenvalue weighted by Gasteiger charge is 2.43. The summed E-state index contributed by atoms with van der Waals surface area (Å²) >= 11 is 0. The molecule has 0 aliphatic heterocycles. The number of aromatic amines is 1. The summed E-state index contributed by atoms with van der Waals surface area (Å²) in [5.41, 5.74) is 2.19. The number of aromatic nitrogens is 2. The molecule has 92 valence electrons. The predicted molar refractivity (Wildman–Crippen MR) is 67.7 cm³/mol. The van der Waals surface area contributed by atoms with Crippen molar-refractivity contribution >= 4 is 5.91 Å². The lowest BCUT2D eigenvalue weighted by Gasteiger charge is -2.03. The van der Waals surface area contributed by atoms with E-state index in [0.717, 1.165) is 12.1 Å². The molecule has 1 aliphatic carbocycles. The third kappa shape index (κ3) is 2.27. The molecular formula is C14H15N3O. The van der Waals surface area contributed by atoms with Gasteiger partial charge in [-0.2, -0.15) is 0 Å². The van der Waals surface area contributed by atoms with Gasteiger partial charge in [-0.25, -0.2) is 4.98 Å². The van der Waals surface area contributed by atoms with Crippen LogP contribution in [0.2, 0.25) is 0 Å². The zero-order valence-electron chi connectivity index (χ0n) is 9.97. The van der Waals surface area contributed by atoms with Crippen LogP contribution in [0.4, 0.5) is 0 Å². The van der Waals surface area contributed by atoms with Gasteiger partial charge in [0.05, 0.1) is 18.6 Å². The Kier molecular flexibility index (Phi) is 2.84. The van der Waals surface area contributed by atoms with E-state index in [1.54, 1.807) is 12.5 Å². The summed E-state index contributed by atoms with van der Waals surface area (Å²) in [6, 6.07) is 10.2. The summed E-state index contributed by atoms with van der Waals surface area (Å²) in [5, 5.41) is 2.94. The van der Waals surface area contributed by atoms with Crippen LogP contribution in [0, 0.1) is 5.92 Å². The molecule has 1 aromatic carbocycles. The first-order chi connectivity index (χ1) is 8.84. The summed E-state index contributed by atoms with van der Waals surface area (Å²) in [5.74, 6) is 0.668. The summed E-state index contributed by atoms with van der Waals surface area (Å²) < 4.78 is 0. The third-order valence-corrected chi connectivity index (χ3v) is 3.36. The highest BCUT2D eigenvalue weighted by molar-refractivity contribution is 5.82. The molecule has 1 fully saturated rings. The number of carbonyl (C=O) groups is 1. The van der Waals surface area contributed by atoms with E-state index < -0.39 is 0 Å². The van der Waals surface area contributed by atoms with E-state index in [4.69, 9.17) is 0 Å². The van der Waals surface area contributed by atoms with Crippen molar-refractivity contribution in [1.29, 1.82) is 0 Å². The molecule has 3 rings (SSSR count). The minimum atomic E-state index is 0.135. The Morgan fingerprint density at radius 1 is 1.39 bits per heavy atom. The molecule has 0 saturated heterocycles. The van der Waals surface area contributed by atoms with Gasteiger partial charge in [0.15, 0.2) is 0 Å². The number of carbonyl (C=O) groups excluding carboxylic acids is 1. The maximum absolute atomic E-state index is 11.9. The average molecular weight is 241 g/mol. The second kappa shape index (κ2) is 4.64. The molecule has 2 atom stereocenters. The van der Waals surface area contributed by atoms with E-state index in [9.17, 15) is 4.79 Å². The number of nitrogens with zero attached hydrogens (tertiary/aromatic N) is 1. The van der Waals surface area contributed by atoms with Crippen molar-refractivity contribution in [2.75, 3.05) is 0 Å². The normalized spacial score (nSPS) is 21.6. The number of nitrogens with one attached hydrogen (secondary N) is 2. The van der Waals surface area contributed by atoms with Crippen LogP contribution in [0.1, 0.15) is 23.6 Å². The van der Waals surface area contributed by atoms with Crippen molar-refractivity contribution in [1.82, 2.24) is 15.3 Å². The summed E-state index contributed by atoms with van der Waals surface area (Å²) in [4.78, 5) is 18.8. The average Bonchev–Trinajstić information content (AvgIpc) is 3.05. The number of imidazole rings is 1. The molecule has 4 heteroatoms. The Morgan fingerprint density at radius 2 is 2.22 bits per heavy atom. The number of hydrogen-bond acceptors (Lipinski definition) is 2. The second-order valence-corrected chi connectivity index (χ2v) is 4.65. The quantitative estimate of drug-likeness (QED) is 0.858. The second-order valence-electron chi connectivity index (χ2n) is 4.65. The van der Waals surface area contributed by atoms with Crippen LogP contribution in [0.5, 0.6) is 0 Å². The molecular weight excluding hydrogens is 226 g/mol. The molecule has 2 N–H and O–H groups in total. The Balaban J connectivity index is 1.53. The minimum Gasteiger partial charge on any atom is -0.350 e. The number of benzene rings is 1. The van der Waals surface area contributed by atoms with Crippen molar-refractivity contribution in [2.24, 2.45) is 5.92 Å². The lowest BCUT2D eigenvalue weighted by molar-refractivity contribution is -0.122. The van der Waals surface area contributed by atoms with E-state index in [1.807, 2.05) is 18.2 Å². The lowest BCUT2D eigenvalue weighted by atomic mass is 10.1. The van der Waals surface area contributed by atoms with Gasteiger partial charge in [0.2, 0.25) is 5.91 Å². The van der Waals surface area contributed by atoms with Gasteiger partial charge in [-0.15, -0.1) is 0 Å². The summed E-state index contributed by atoms with van der Waals surface area (Å²) in [6.07, 6.45) is 4.30. The highest BCUT2D eigenvalue weighted by Crippen LogP contribution is 2.47. The summed E-state index contributed by atoms with van der Waals surface area (Å²) in [7, 11) is 0. The lowest BCUT2D eigenvalue weighted by Crippen LogP contribution is -2.25. The molecule has 2 unspecified atom stereocenters. The largest absolute Gasteiger partial charge is 0.350 e. The molecule has 0 bridgehead atoms. The first-order valence-electron chi connectivity index (χ1n) is 6.14. The molecule has 18 heavy (non-hydrogen) atoms. The van der Waals surface area contributed by atoms with Crippen LogP contribution in [0.25, 0.3) is 0 Å². The van der Waals surface area contributed by atoms with Crippen molar-refractivity contribution in [3.05, 3.63) is 54.1 Å². The Labute approximate surface area is 105 Å². The van der Waals surface area contributed by atoms with Crippen LogP contribution >= 0.6 is 0 Å². The number of rotatable bonds is 4. The van der Waals surface area contributed by atoms with Gasteiger partial charge in [0.1, 0.15) is 0 Å². The van der Waals surface area contributed by atoms with E-state index >= 15 is 0 Å². The van der Waals surface area contributed by atoms with Gasteiger partial charge < -0.3 is 10.3 Å². The number of amides is 1. The van der Waals surface area contributed by atoms with Crippen LogP contribution in [-0.2, 0) is 11.3 Å². The molecule has 0 radical (unpaired) electrons. The number of H-pyrrole nitrogens is 1. The van der Waals surface area contributed by atoms with Gasteiger partial charge >= 0.3 is 0 Å². The molecule has 1 aliphatic rings. The monoisotopic (exact) mass is 241 g/mol. The van der Waals surface area contributed by atoms with Crippen LogP contribution in [-0.4, -0.2) is 15.9 Å². The maximum Gasteiger partial charge on any atom is 0.224 e. The minimum absolute atomic E-state index is 0.135. The van der Waals surface area contributed by atoms with Crippen LogP contribution in [0.3, 0.4) is 0 Å². The van der Waals surface area contributed by atoms with Gasteiger partial charge in [-0.3, -0.25) is 4.79 Å². The fourth-order valence-electron chi connectivity index (χ4n) is 2.25. The molecule has 1 amide bonds. The standard InChI is InChI=1S/C14H15N3O/c18-14(16-8-11-7-15-9-17-11)13-6-12(13)10-4-2-1-3-5-10/h1-5,7,9,12-13H,6,8H2,(H,15,17)(H,16,18). The molecule has 1 saturated carbocycles. The van der Waals surface area contributed by atoms with E-state index in [-0.39, 0.29) is 11.8 Å². The molecule has 4 nitrogen and oxygen atoms in total. The van der Waals surface area contributed by atoms with Crippen molar-refractivity contribution in [3.8, 4) is 0 Å². The third-order valence-electron chi connectivity index (χ3n) is 3.36. The van der Waals surface area contributed by atoms with Crippen LogP contribution < -0.4 is 5.32 Å². The predicted octanol–water partition coefficient (Wildman–Crippen LogP) is 1.83. The fraction of sp³-hybridized carbons (Fsp3) is 0.286. The zero-order chi connectivity index (χ0) is 12.4. The first-order valence-corrected chi connectivity index (χ1v) is 6.14. The first kappa shape index (κ1) is 11.0. The van der Waals surface area contributed by atoms with Gasteiger partial charge in [-0.1, -0.05) is 30.3 Å². The molecule has 1 aromatic heterocycles. The Hall–Kier alpha value is -2.10. The number of hydrogen-bond donors (Lipinski definition) is 2. The van der Waals surface area contributed by atoms with E-state index in [2.05, 4.69) is 27.4 Å². The van der Waals surface area contributed by atoms with Crippen molar-refractivity contribution in [2.45, 2.75) is 18.9 Å². The smallest absolute Gasteiger partial charge is 0.224 e. The maximum atomic E-state index is 11.9. The van der Waals surface area contributed by atoms with Crippen LogP contribution in [0.15, 0.2) is 42.9 Å². The molecule has 2 aromatic rings. The van der Waals surface area contributed by atoms with Gasteiger partial charge in [-0.05, 0) is 17.9 Å². The Morgan fingerprint density at radius 3 is 2.94 bits per heavy atom. The zero-order valence-corrected chi connectivity index (χ0v) is 9.97. The summed E-state index contributed by atoms with van der Waals surface area (Å²) in [6.45, 7) is 0.525. The Bertz CT molecular complexity index is 521. The topological polar surface area (TPSA) is 57.8 Å². The highest BCUT2D eigenvalue weighted by atomic mass is 16.2. The van der Waals surface area contributed by atoms with Gasteiger partial charge in [0.25, 0.3) is 0 Å². The van der Waals surface area contributed by atoms with Gasteiger partial charge in [0, 0.05) is 12.1 Å².